The number of hydrogen-bond donors (Lipinski definition) is 0. The van der Waals surface area contributed by atoms with Gasteiger partial charge in [0.05, 0.1) is 11.3 Å². The van der Waals surface area contributed by atoms with Gasteiger partial charge in [-0.1, -0.05) is 19.2 Å². The van der Waals surface area contributed by atoms with E-state index in [0.29, 0.717) is 17.1 Å². The van der Waals surface area contributed by atoms with Gasteiger partial charge in [0.15, 0.2) is 5.89 Å². The normalized spacial score (nSPS) is 9.42. The highest BCUT2D eigenvalue weighted by Gasteiger charge is 2.04. The largest absolute Gasteiger partial charge is 0.408 e. The number of aromatic nitrogens is 1. The predicted molar refractivity (Wildman–Crippen MR) is 47.7 cm³/mol. The molecule has 0 aliphatic heterocycles. The van der Waals surface area contributed by atoms with E-state index in [9.17, 15) is 4.79 Å². The maximum atomic E-state index is 11.1. The average Bonchev–Trinajstić information content (AvgIpc) is 2.03. The van der Waals surface area contributed by atoms with Gasteiger partial charge < -0.3 is 4.42 Å². The van der Waals surface area contributed by atoms with Crippen molar-refractivity contribution in [2.24, 2.45) is 0 Å². The Hall–Kier alpha value is -1.64. The Kier molecular flexibility index (Phi) is 2.24. The molecule has 3 heteroatoms. The predicted octanol–water partition coefficient (Wildman–Crippen LogP) is 1.63. The van der Waals surface area contributed by atoms with Gasteiger partial charge in [0.1, 0.15) is 0 Å². The van der Waals surface area contributed by atoms with Crippen LogP contribution < -0.4 is 5.63 Å². The standard InChI is InChI=1S/C9H9NO2/c1-4-7-8(5-2)10-6(3)12-9(7)11/h4-5H,1-2H2,3H3. The highest BCUT2D eigenvalue weighted by Crippen LogP contribution is 2.04. The Bertz CT molecular complexity index is 377. The Morgan fingerprint density at radius 2 is 2.08 bits per heavy atom. The van der Waals surface area contributed by atoms with Crippen LogP contribution in [0.25, 0.3) is 12.2 Å². The molecule has 0 aliphatic rings. The van der Waals surface area contributed by atoms with Crippen molar-refractivity contribution in [3.63, 3.8) is 0 Å². The van der Waals surface area contributed by atoms with Crippen molar-refractivity contribution in [2.45, 2.75) is 6.92 Å². The van der Waals surface area contributed by atoms with Gasteiger partial charge >= 0.3 is 5.63 Å². The third kappa shape index (κ3) is 1.34. The Morgan fingerprint density at radius 1 is 1.42 bits per heavy atom. The van der Waals surface area contributed by atoms with Crippen LogP contribution in [-0.4, -0.2) is 4.98 Å². The molecule has 62 valence electrons. The van der Waals surface area contributed by atoms with E-state index in [1.807, 2.05) is 0 Å². The molecular weight excluding hydrogens is 154 g/mol. The Morgan fingerprint density at radius 3 is 2.58 bits per heavy atom. The lowest BCUT2D eigenvalue weighted by Crippen LogP contribution is -2.08. The van der Waals surface area contributed by atoms with Gasteiger partial charge in [0.2, 0.25) is 0 Å². The maximum absolute atomic E-state index is 11.1. The van der Waals surface area contributed by atoms with Crippen molar-refractivity contribution in [1.82, 2.24) is 4.98 Å². The van der Waals surface area contributed by atoms with E-state index in [-0.39, 0.29) is 0 Å². The summed E-state index contributed by atoms with van der Waals surface area (Å²) in [5.41, 5.74) is 0.446. The Balaban J connectivity index is 3.54. The van der Waals surface area contributed by atoms with E-state index in [1.54, 1.807) is 6.92 Å². The summed E-state index contributed by atoms with van der Waals surface area (Å²) >= 11 is 0. The first kappa shape index (κ1) is 8.46. The van der Waals surface area contributed by atoms with E-state index < -0.39 is 5.63 Å². The van der Waals surface area contributed by atoms with Gasteiger partial charge in [0, 0.05) is 6.92 Å². The van der Waals surface area contributed by atoms with Crippen LogP contribution in [0.15, 0.2) is 22.4 Å². The molecule has 0 saturated carbocycles. The molecule has 1 aromatic heterocycles. The van der Waals surface area contributed by atoms with Crippen LogP contribution >= 0.6 is 0 Å². The molecule has 0 unspecified atom stereocenters. The summed E-state index contributed by atoms with van der Waals surface area (Å²) < 4.78 is 4.76. The lowest BCUT2D eigenvalue weighted by atomic mass is 10.2. The topological polar surface area (TPSA) is 43.1 Å². The molecule has 0 atom stereocenters. The second kappa shape index (κ2) is 3.17. The Labute approximate surface area is 70.1 Å². The third-order valence-electron chi connectivity index (χ3n) is 1.41. The molecule has 0 amide bonds. The van der Waals surface area contributed by atoms with Crippen molar-refractivity contribution < 1.29 is 4.42 Å². The fourth-order valence-electron chi connectivity index (χ4n) is 0.890. The summed E-state index contributed by atoms with van der Waals surface area (Å²) in [5.74, 6) is 0.334. The van der Waals surface area contributed by atoms with Crippen LogP contribution in [0, 0.1) is 6.92 Å². The molecular formula is C9H9NO2. The van der Waals surface area contributed by atoms with Crippen molar-refractivity contribution in [2.75, 3.05) is 0 Å². The van der Waals surface area contributed by atoms with Gasteiger partial charge in [-0.25, -0.2) is 9.78 Å². The molecule has 0 fully saturated rings. The van der Waals surface area contributed by atoms with Crippen molar-refractivity contribution in [3.05, 3.63) is 40.7 Å². The number of nitrogens with zero attached hydrogens (tertiary/aromatic N) is 1. The second-order valence-corrected chi connectivity index (χ2v) is 2.23. The number of hydrogen-bond acceptors (Lipinski definition) is 3. The first-order chi connectivity index (χ1) is 5.69. The monoisotopic (exact) mass is 163 g/mol. The van der Waals surface area contributed by atoms with Crippen molar-refractivity contribution in [1.29, 1.82) is 0 Å². The zero-order chi connectivity index (χ0) is 9.14. The number of rotatable bonds is 2. The first-order valence-corrected chi connectivity index (χ1v) is 3.45. The van der Waals surface area contributed by atoms with Crippen LogP contribution in [-0.2, 0) is 0 Å². The lowest BCUT2D eigenvalue weighted by molar-refractivity contribution is 0.454. The van der Waals surface area contributed by atoms with E-state index in [1.165, 1.54) is 12.2 Å². The number of aryl methyl sites for hydroxylation is 1. The van der Waals surface area contributed by atoms with Crippen molar-refractivity contribution in [3.8, 4) is 0 Å². The van der Waals surface area contributed by atoms with E-state index in [2.05, 4.69) is 18.1 Å². The van der Waals surface area contributed by atoms with Gasteiger partial charge in [-0.2, -0.15) is 0 Å². The molecule has 0 radical (unpaired) electrons. The summed E-state index contributed by atoms with van der Waals surface area (Å²) in [6.07, 6.45) is 2.91. The van der Waals surface area contributed by atoms with E-state index in [0.717, 1.165) is 0 Å². The molecule has 1 rings (SSSR count). The quantitative estimate of drug-likeness (QED) is 0.665. The minimum atomic E-state index is -0.424. The van der Waals surface area contributed by atoms with E-state index in [4.69, 9.17) is 4.42 Å². The van der Waals surface area contributed by atoms with Crippen LogP contribution in [0.5, 0.6) is 0 Å². The molecule has 0 aliphatic carbocycles. The zero-order valence-electron chi connectivity index (χ0n) is 6.83. The highest BCUT2D eigenvalue weighted by atomic mass is 16.4. The zero-order valence-corrected chi connectivity index (χ0v) is 6.83. The molecule has 0 N–H and O–H groups in total. The minimum absolute atomic E-state index is 0.334. The minimum Gasteiger partial charge on any atom is -0.408 e. The molecule has 1 heterocycles. The van der Waals surface area contributed by atoms with Gasteiger partial charge in [-0.05, 0) is 6.08 Å². The fraction of sp³-hybridized carbons (Fsp3) is 0.111. The summed E-state index contributed by atoms with van der Waals surface area (Å²) in [6.45, 7) is 8.63. The van der Waals surface area contributed by atoms with Gasteiger partial charge in [0.25, 0.3) is 0 Å². The molecule has 0 bridgehead atoms. The molecule has 1 aromatic rings. The van der Waals surface area contributed by atoms with Crippen LogP contribution in [0.1, 0.15) is 17.1 Å². The van der Waals surface area contributed by atoms with Crippen LogP contribution in [0.2, 0.25) is 0 Å². The van der Waals surface area contributed by atoms with Crippen LogP contribution in [0.4, 0.5) is 0 Å². The second-order valence-electron chi connectivity index (χ2n) is 2.23. The first-order valence-electron chi connectivity index (χ1n) is 3.45. The lowest BCUT2D eigenvalue weighted by Gasteiger charge is -1.97. The van der Waals surface area contributed by atoms with E-state index >= 15 is 0 Å². The van der Waals surface area contributed by atoms with Gasteiger partial charge in [-0.3, -0.25) is 0 Å². The maximum Gasteiger partial charge on any atom is 0.346 e. The summed E-state index contributed by atoms with van der Waals surface area (Å²) in [4.78, 5) is 15.1. The van der Waals surface area contributed by atoms with Gasteiger partial charge in [-0.15, -0.1) is 0 Å². The molecule has 0 spiro atoms. The van der Waals surface area contributed by atoms with Crippen molar-refractivity contribution >= 4 is 12.2 Å². The SMILES string of the molecule is C=Cc1nc(C)oc(=O)c1C=C. The fourth-order valence-corrected chi connectivity index (χ4v) is 0.890. The third-order valence-corrected chi connectivity index (χ3v) is 1.41. The molecule has 0 saturated heterocycles. The smallest absolute Gasteiger partial charge is 0.346 e. The summed E-state index contributed by atoms with van der Waals surface area (Å²) in [6, 6.07) is 0. The van der Waals surface area contributed by atoms with Crippen LogP contribution in [0.3, 0.4) is 0 Å². The average molecular weight is 163 g/mol. The highest BCUT2D eigenvalue weighted by molar-refractivity contribution is 5.58. The molecule has 3 nitrogen and oxygen atoms in total. The molecule has 12 heavy (non-hydrogen) atoms. The summed E-state index contributed by atoms with van der Waals surface area (Å²) in [5, 5.41) is 0. The summed E-state index contributed by atoms with van der Waals surface area (Å²) in [7, 11) is 0. The molecule has 0 aromatic carbocycles.